The topological polar surface area (TPSA) is 97.0 Å². The Bertz CT molecular complexity index is 882. The Hall–Kier alpha value is -3.55. The molecule has 1 heterocycles. The van der Waals surface area contributed by atoms with Crippen LogP contribution in [-0.2, 0) is 9.59 Å². The predicted octanol–water partition coefficient (Wildman–Crippen LogP) is 1.66. The molecule has 8 nitrogen and oxygen atoms in total. The molecule has 3 rings (SSSR count). The van der Waals surface area contributed by atoms with Crippen LogP contribution in [0.2, 0.25) is 0 Å². The van der Waals surface area contributed by atoms with Gasteiger partial charge < -0.3 is 14.4 Å². The molecule has 2 aromatic carbocycles. The van der Waals surface area contributed by atoms with E-state index in [1.165, 1.54) is 11.8 Å². The van der Waals surface area contributed by atoms with Crippen molar-refractivity contribution >= 4 is 23.4 Å². The summed E-state index contributed by atoms with van der Waals surface area (Å²) in [5, 5.41) is 0. The molecular weight excluding hydrogens is 362 g/mol. The first-order valence-electron chi connectivity index (χ1n) is 8.86. The molecule has 1 atom stereocenters. The van der Waals surface area contributed by atoms with Crippen molar-refractivity contribution in [3.05, 3.63) is 54.1 Å². The van der Waals surface area contributed by atoms with Gasteiger partial charge in [-0.2, -0.15) is 0 Å². The first-order chi connectivity index (χ1) is 13.5. The quantitative estimate of drug-likeness (QED) is 0.783. The van der Waals surface area contributed by atoms with Gasteiger partial charge in [0.25, 0.3) is 11.8 Å². The smallest absolute Gasteiger partial charge is 0.281 e. The zero-order chi connectivity index (χ0) is 20.1. The molecule has 1 aliphatic rings. The van der Waals surface area contributed by atoms with Gasteiger partial charge in [0, 0.05) is 12.5 Å². The summed E-state index contributed by atoms with van der Waals surface area (Å²) in [6.45, 7) is 3.88. The van der Waals surface area contributed by atoms with Gasteiger partial charge >= 0.3 is 0 Å². The lowest BCUT2D eigenvalue weighted by Gasteiger charge is -2.33. The van der Waals surface area contributed by atoms with Crippen molar-refractivity contribution in [3.8, 4) is 11.5 Å². The summed E-state index contributed by atoms with van der Waals surface area (Å²) in [6, 6.07) is 13.5. The third kappa shape index (κ3) is 4.22. The molecule has 0 aliphatic carbocycles. The van der Waals surface area contributed by atoms with Crippen molar-refractivity contribution in [2.75, 3.05) is 18.1 Å². The minimum absolute atomic E-state index is 0.0527. The molecule has 0 bridgehead atoms. The minimum Gasteiger partial charge on any atom is -0.494 e. The third-order valence-electron chi connectivity index (χ3n) is 4.17. The standard InChI is InChI=1S/C20H21N3O5/c1-3-27-15-10-8-14(9-11-15)19(25)21-22-20(26)18-12-23(13(2)24)16-6-4-5-7-17(16)28-18/h4-11,18H,3,12H2,1-2H3,(H,21,25)(H,22,26)/t18-/m1/s1. The fraction of sp³-hybridized carbons (Fsp3) is 0.250. The van der Waals surface area contributed by atoms with E-state index in [9.17, 15) is 14.4 Å². The fourth-order valence-corrected chi connectivity index (χ4v) is 2.81. The number of ether oxygens (including phenoxy) is 2. The Morgan fingerprint density at radius 1 is 1.11 bits per heavy atom. The van der Waals surface area contributed by atoms with E-state index in [0.717, 1.165) is 0 Å². The van der Waals surface area contributed by atoms with Crippen LogP contribution < -0.4 is 25.2 Å². The average Bonchev–Trinajstić information content (AvgIpc) is 2.71. The van der Waals surface area contributed by atoms with Gasteiger partial charge in [0.05, 0.1) is 18.8 Å². The molecule has 3 amide bonds. The lowest BCUT2D eigenvalue weighted by molar-refractivity contribution is -0.129. The van der Waals surface area contributed by atoms with Gasteiger partial charge in [0.15, 0.2) is 6.10 Å². The van der Waals surface area contributed by atoms with Crippen molar-refractivity contribution in [2.45, 2.75) is 20.0 Å². The van der Waals surface area contributed by atoms with Crippen molar-refractivity contribution < 1.29 is 23.9 Å². The number of para-hydroxylation sites is 2. The van der Waals surface area contributed by atoms with Crippen LogP contribution in [0.15, 0.2) is 48.5 Å². The molecule has 1 aliphatic heterocycles. The third-order valence-corrected chi connectivity index (χ3v) is 4.17. The predicted molar refractivity (Wildman–Crippen MR) is 102 cm³/mol. The minimum atomic E-state index is -0.945. The van der Waals surface area contributed by atoms with E-state index < -0.39 is 17.9 Å². The fourth-order valence-electron chi connectivity index (χ4n) is 2.81. The first kappa shape index (κ1) is 19.2. The Morgan fingerprint density at radius 2 is 1.82 bits per heavy atom. The van der Waals surface area contributed by atoms with Gasteiger partial charge in [-0.05, 0) is 43.3 Å². The van der Waals surface area contributed by atoms with Gasteiger partial charge in [-0.3, -0.25) is 25.2 Å². The zero-order valence-corrected chi connectivity index (χ0v) is 15.6. The van der Waals surface area contributed by atoms with Crippen LogP contribution in [-0.4, -0.2) is 37.0 Å². The molecule has 0 unspecified atom stereocenters. The van der Waals surface area contributed by atoms with E-state index in [4.69, 9.17) is 9.47 Å². The molecule has 28 heavy (non-hydrogen) atoms. The number of benzene rings is 2. The van der Waals surface area contributed by atoms with Crippen LogP contribution in [0.3, 0.4) is 0 Å². The highest BCUT2D eigenvalue weighted by molar-refractivity contribution is 5.98. The number of carbonyl (C=O) groups is 3. The number of hydrazine groups is 1. The number of amides is 3. The molecule has 2 aromatic rings. The van der Waals surface area contributed by atoms with E-state index in [1.807, 2.05) is 6.92 Å². The Kier molecular flexibility index (Phi) is 5.78. The highest BCUT2D eigenvalue weighted by atomic mass is 16.5. The molecule has 0 spiro atoms. The van der Waals surface area contributed by atoms with E-state index in [-0.39, 0.29) is 12.5 Å². The summed E-state index contributed by atoms with van der Waals surface area (Å²) in [4.78, 5) is 38.0. The second-order valence-electron chi connectivity index (χ2n) is 6.10. The first-order valence-corrected chi connectivity index (χ1v) is 8.86. The van der Waals surface area contributed by atoms with Crippen LogP contribution in [0.5, 0.6) is 11.5 Å². The number of nitrogens with zero attached hydrogens (tertiary/aromatic N) is 1. The highest BCUT2D eigenvalue weighted by Crippen LogP contribution is 2.33. The van der Waals surface area contributed by atoms with Crippen molar-refractivity contribution in [3.63, 3.8) is 0 Å². The number of fused-ring (bicyclic) bond motifs is 1. The Labute approximate surface area is 162 Å². The van der Waals surface area contributed by atoms with E-state index in [0.29, 0.717) is 29.4 Å². The Balaban J connectivity index is 1.62. The van der Waals surface area contributed by atoms with Gasteiger partial charge in [-0.25, -0.2) is 0 Å². The highest BCUT2D eigenvalue weighted by Gasteiger charge is 2.32. The van der Waals surface area contributed by atoms with E-state index in [2.05, 4.69) is 10.9 Å². The molecule has 0 aromatic heterocycles. The largest absolute Gasteiger partial charge is 0.494 e. The maximum atomic E-state index is 12.4. The zero-order valence-electron chi connectivity index (χ0n) is 15.6. The molecule has 0 fully saturated rings. The van der Waals surface area contributed by atoms with Gasteiger partial charge in [-0.1, -0.05) is 12.1 Å². The van der Waals surface area contributed by atoms with Crippen LogP contribution in [0.25, 0.3) is 0 Å². The van der Waals surface area contributed by atoms with Crippen molar-refractivity contribution in [1.82, 2.24) is 10.9 Å². The lowest BCUT2D eigenvalue weighted by atomic mass is 10.2. The van der Waals surface area contributed by atoms with Crippen LogP contribution in [0, 0.1) is 0 Å². The summed E-state index contributed by atoms with van der Waals surface area (Å²) >= 11 is 0. The molecule has 146 valence electrons. The molecular formula is C20H21N3O5. The molecule has 2 N–H and O–H groups in total. The summed E-state index contributed by atoms with van der Waals surface area (Å²) in [5.41, 5.74) is 5.67. The molecule has 0 saturated heterocycles. The number of carbonyl (C=O) groups excluding carboxylic acids is 3. The number of hydrogen-bond donors (Lipinski definition) is 2. The number of hydrogen-bond acceptors (Lipinski definition) is 5. The van der Waals surface area contributed by atoms with Gasteiger partial charge in [0.2, 0.25) is 5.91 Å². The van der Waals surface area contributed by atoms with Crippen LogP contribution in [0.4, 0.5) is 5.69 Å². The normalized spacial score (nSPS) is 15.1. The number of anilines is 1. The lowest BCUT2D eigenvalue weighted by Crippen LogP contribution is -2.54. The monoisotopic (exact) mass is 383 g/mol. The summed E-state index contributed by atoms with van der Waals surface area (Å²) < 4.78 is 11.0. The molecule has 0 saturated carbocycles. The number of nitrogens with one attached hydrogen (secondary N) is 2. The molecule has 8 heteroatoms. The molecule has 0 radical (unpaired) electrons. The van der Waals surface area contributed by atoms with Gasteiger partial charge in [0.1, 0.15) is 11.5 Å². The van der Waals surface area contributed by atoms with Crippen molar-refractivity contribution in [2.24, 2.45) is 0 Å². The second-order valence-corrected chi connectivity index (χ2v) is 6.10. The van der Waals surface area contributed by atoms with Crippen molar-refractivity contribution in [1.29, 1.82) is 0 Å². The Morgan fingerprint density at radius 3 is 2.50 bits per heavy atom. The average molecular weight is 383 g/mol. The maximum absolute atomic E-state index is 12.4. The summed E-state index contributed by atoms with van der Waals surface area (Å²) in [5.74, 6) is -0.147. The van der Waals surface area contributed by atoms with Gasteiger partial charge in [-0.15, -0.1) is 0 Å². The van der Waals surface area contributed by atoms with E-state index in [1.54, 1.807) is 48.5 Å². The maximum Gasteiger partial charge on any atom is 0.281 e. The second kappa shape index (κ2) is 8.43. The summed E-state index contributed by atoms with van der Waals surface area (Å²) in [7, 11) is 0. The van der Waals surface area contributed by atoms with Crippen LogP contribution in [0.1, 0.15) is 24.2 Å². The number of rotatable bonds is 4. The van der Waals surface area contributed by atoms with E-state index >= 15 is 0 Å². The van der Waals surface area contributed by atoms with Crippen LogP contribution >= 0.6 is 0 Å². The SMILES string of the molecule is CCOc1ccc(C(=O)NNC(=O)[C@H]2CN(C(C)=O)c3ccccc3O2)cc1. The summed E-state index contributed by atoms with van der Waals surface area (Å²) in [6.07, 6.45) is -0.945.